The highest BCUT2D eigenvalue weighted by Gasteiger charge is 2.29. The molecule has 1 heterocycles. The number of Topliss-reactive ketones (excluding diaryl/α,β-unsaturated/α-hetero) is 1. The minimum absolute atomic E-state index is 0.125. The first-order valence-electron chi connectivity index (χ1n) is 9.70. The summed E-state index contributed by atoms with van der Waals surface area (Å²) in [6.45, 7) is 0. The molecule has 7 heteroatoms. The highest BCUT2D eigenvalue weighted by molar-refractivity contribution is 6.14. The maximum Gasteiger partial charge on any atom is 0.347 e. The molecular formula is C25H20O7. The fraction of sp³-hybridized carbons (Fsp3) is 0.120. The number of hydrogen-bond acceptors (Lipinski definition) is 7. The molecule has 3 aromatic rings. The first-order chi connectivity index (χ1) is 15.5. The van der Waals surface area contributed by atoms with E-state index in [1.807, 2.05) is 0 Å². The summed E-state index contributed by atoms with van der Waals surface area (Å²) in [5, 5.41) is 0. The summed E-state index contributed by atoms with van der Waals surface area (Å²) in [6.07, 6.45) is 1.59. The van der Waals surface area contributed by atoms with Crippen LogP contribution in [0.2, 0.25) is 0 Å². The normalized spacial score (nSPS) is 13.3. The van der Waals surface area contributed by atoms with Crippen molar-refractivity contribution in [3.8, 4) is 28.7 Å². The van der Waals surface area contributed by atoms with Crippen LogP contribution in [-0.4, -0.2) is 33.1 Å². The number of ketones is 1. The molecule has 0 radical (unpaired) electrons. The Morgan fingerprint density at radius 3 is 2.38 bits per heavy atom. The Morgan fingerprint density at radius 2 is 1.62 bits per heavy atom. The van der Waals surface area contributed by atoms with Gasteiger partial charge in [-0.05, 0) is 36.4 Å². The van der Waals surface area contributed by atoms with Crippen LogP contribution in [0, 0.1) is 0 Å². The molecule has 0 saturated carbocycles. The number of para-hydroxylation sites is 2. The Balaban J connectivity index is 1.59. The van der Waals surface area contributed by atoms with Gasteiger partial charge in [-0.3, -0.25) is 4.79 Å². The predicted octanol–water partition coefficient (Wildman–Crippen LogP) is 4.55. The van der Waals surface area contributed by atoms with Gasteiger partial charge >= 0.3 is 5.97 Å². The average Bonchev–Trinajstić information content (AvgIpc) is 3.13. The zero-order valence-corrected chi connectivity index (χ0v) is 17.7. The number of esters is 1. The van der Waals surface area contributed by atoms with Crippen molar-refractivity contribution in [2.45, 2.75) is 0 Å². The summed E-state index contributed by atoms with van der Waals surface area (Å²) in [4.78, 5) is 25.4. The van der Waals surface area contributed by atoms with Gasteiger partial charge in [-0.1, -0.05) is 24.3 Å². The number of allylic oxidation sites excluding steroid dienone is 1. The third-order valence-electron chi connectivity index (χ3n) is 4.90. The summed E-state index contributed by atoms with van der Waals surface area (Å²) in [5.41, 5.74) is 1.29. The Morgan fingerprint density at radius 1 is 0.875 bits per heavy atom. The van der Waals surface area contributed by atoms with Gasteiger partial charge in [0.05, 0.1) is 26.9 Å². The number of benzene rings is 3. The fourth-order valence-corrected chi connectivity index (χ4v) is 3.37. The molecule has 3 aromatic carbocycles. The smallest absolute Gasteiger partial charge is 0.347 e. The Labute approximate surface area is 184 Å². The monoisotopic (exact) mass is 432 g/mol. The molecule has 0 spiro atoms. The fourth-order valence-electron chi connectivity index (χ4n) is 3.37. The van der Waals surface area contributed by atoms with Gasteiger partial charge in [-0.2, -0.15) is 0 Å². The molecule has 0 aromatic heterocycles. The van der Waals surface area contributed by atoms with Gasteiger partial charge in [0, 0.05) is 11.6 Å². The van der Waals surface area contributed by atoms with Crippen molar-refractivity contribution < 1.29 is 33.3 Å². The van der Waals surface area contributed by atoms with E-state index < -0.39 is 5.97 Å². The van der Waals surface area contributed by atoms with E-state index in [4.69, 9.17) is 23.7 Å². The van der Waals surface area contributed by atoms with Crippen molar-refractivity contribution in [1.82, 2.24) is 0 Å². The van der Waals surface area contributed by atoms with Crippen molar-refractivity contribution in [2.24, 2.45) is 0 Å². The molecule has 0 aliphatic carbocycles. The number of rotatable bonds is 6. The lowest BCUT2D eigenvalue weighted by molar-refractivity contribution is 0.0731. The van der Waals surface area contributed by atoms with Gasteiger partial charge in [0.2, 0.25) is 5.78 Å². The van der Waals surface area contributed by atoms with Gasteiger partial charge in [-0.25, -0.2) is 4.79 Å². The summed E-state index contributed by atoms with van der Waals surface area (Å²) < 4.78 is 27.1. The molecule has 0 bridgehead atoms. The summed E-state index contributed by atoms with van der Waals surface area (Å²) >= 11 is 0. The van der Waals surface area contributed by atoms with E-state index in [1.54, 1.807) is 60.7 Å². The molecule has 162 valence electrons. The second kappa shape index (κ2) is 8.85. The van der Waals surface area contributed by atoms with Gasteiger partial charge < -0.3 is 23.7 Å². The van der Waals surface area contributed by atoms with Crippen molar-refractivity contribution in [2.75, 3.05) is 21.3 Å². The molecule has 1 aliphatic heterocycles. The van der Waals surface area contributed by atoms with E-state index in [0.29, 0.717) is 34.1 Å². The van der Waals surface area contributed by atoms with Crippen LogP contribution in [0.5, 0.6) is 28.7 Å². The molecule has 0 unspecified atom stereocenters. The quantitative estimate of drug-likeness (QED) is 0.321. The molecule has 0 fully saturated rings. The molecule has 7 nitrogen and oxygen atoms in total. The van der Waals surface area contributed by atoms with Crippen molar-refractivity contribution in [1.29, 1.82) is 0 Å². The molecule has 0 saturated heterocycles. The lowest BCUT2D eigenvalue weighted by Crippen LogP contribution is -2.10. The SMILES string of the molecule is COc1ccccc1C(=O)Oc1ccc2c(c1)O/C(=C\c1cccc(OC)c1OC)C2=O. The van der Waals surface area contributed by atoms with Crippen LogP contribution in [0.25, 0.3) is 6.08 Å². The number of carbonyl (C=O) groups excluding carboxylic acids is 2. The Kier molecular flexibility index (Phi) is 5.81. The van der Waals surface area contributed by atoms with E-state index in [0.717, 1.165) is 0 Å². The minimum Gasteiger partial charge on any atom is -0.496 e. The van der Waals surface area contributed by atoms with E-state index >= 15 is 0 Å². The van der Waals surface area contributed by atoms with Crippen LogP contribution in [0.3, 0.4) is 0 Å². The maximum atomic E-state index is 12.8. The number of carbonyl (C=O) groups is 2. The number of hydrogen-bond donors (Lipinski definition) is 0. The third kappa shape index (κ3) is 3.88. The highest BCUT2D eigenvalue weighted by Crippen LogP contribution is 2.38. The first kappa shape index (κ1) is 21.0. The van der Waals surface area contributed by atoms with Gasteiger partial charge in [-0.15, -0.1) is 0 Å². The molecular weight excluding hydrogens is 412 g/mol. The second-order valence-corrected chi connectivity index (χ2v) is 6.77. The van der Waals surface area contributed by atoms with Gasteiger partial charge in [0.1, 0.15) is 22.8 Å². The van der Waals surface area contributed by atoms with E-state index in [2.05, 4.69) is 0 Å². The van der Waals surface area contributed by atoms with Crippen molar-refractivity contribution in [3.63, 3.8) is 0 Å². The largest absolute Gasteiger partial charge is 0.496 e. The van der Waals surface area contributed by atoms with E-state index in [9.17, 15) is 9.59 Å². The summed E-state index contributed by atoms with van der Waals surface area (Å²) in [5.74, 6) is 1.23. The standard InChI is InChI=1S/C25H20O7/c1-28-19-9-5-4-8-18(19)25(27)31-16-11-12-17-21(14-16)32-22(23(17)26)13-15-7-6-10-20(29-2)24(15)30-3/h4-14H,1-3H3/b22-13-. The van der Waals surface area contributed by atoms with Crippen molar-refractivity contribution >= 4 is 17.8 Å². The minimum atomic E-state index is -0.580. The predicted molar refractivity (Wildman–Crippen MR) is 117 cm³/mol. The average molecular weight is 432 g/mol. The molecule has 1 aliphatic rings. The molecule has 0 N–H and O–H groups in total. The summed E-state index contributed by atoms with van der Waals surface area (Å²) in [7, 11) is 4.54. The zero-order valence-electron chi connectivity index (χ0n) is 17.7. The van der Waals surface area contributed by atoms with Crippen LogP contribution in [-0.2, 0) is 0 Å². The Hall–Kier alpha value is -4.26. The van der Waals surface area contributed by atoms with Crippen LogP contribution in [0.4, 0.5) is 0 Å². The summed E-state index contributed by atoms with van der Waals surface area (Å²) in [6, 6.07) is 16.7. The number of fused-ring (bicyclic) bond motifs is 1. The second-order valence-electron chi connectivity index (χ2n) is 6.77. The van der Waals surface area contributed by atoms with Crippen molar-refractivity contribution in [3.05, 3.63) is 83.1 Å². The number of ether oxygens (including phenoxy) is 5. The van der Waals surface area contributed by atoms with Crippen LogP contribution < -0.4 is 23.7 Å². The van der Waals surface area contributed by atoms with Gasteiger partial charge in [0.25, 0.3) is 0 Å². The Bertz CT molecular complexity index is 1230. The highest BCUT2D eigenvalue weighted by atomic mass is 16.5. The molecule has 0 amide bonds. The van der Waals surface area contributed by atoms with Crippen LogP contribution in [0.15, 0.2) is 66.4 Å². The molecule has 32 heavy (non-hydrogen) atoms. The third-order valence-corrected chi connectivity index (χ3v) is 4.90. The van der Waals surface area contributed by atoms with E-state index in [-0.39, 0.29) is 22.9 Å². The molecule has 4 rings (SSSR count). The maximum absolute atomic E-state index is 12.8. The zero-order chi connectivity index (χ0) is 22.7. The number of methoxy groups -OCH3 is 3. The van der Waals surface area contributed by atoms with Crippen LogP contribution >= 0.6 is 0 Å². The lowest BCUT2D eigenvalue weighted by Gasteiger charge is -2.10. The first-order valence-corrected chi connectivity index (χ1v) is 9.70. The topological polar surface area (TPSA) is 80.3 Å². The molecule has 0 atom stereocenters. The van der Waals surface area contributed by atoms with Crippen LogP contribution in [0.1, 0.15) is 26.3 Å². The lowest BCUT2D eigenvalue weighted by atomic mass is 10.1. The van der Waals surface area contributed by atoms with Gasteiger partial charge in [0.15, 0.2) is 17.3 Å². The van der Waals surface area contributed by atoms with E-state index in [1.165, 1.54) is 27.4 Å².